The summed E-state index contributed by atoms with van der Waals surface area (Å²) in [6.45, 7) is 3.61. The van der Waals surface area contributed by atoms with Crippen LogP contribution in [0.1, 0.15) is 21.7 Å². The second-order valence-electron chi connectivity index (χ2n) is 5.79. The molecule has 0 saturated heterocycles. The number of aryl methyl sites for hydroxylation is 2. The Hall–Kier alpha value is -3.35. The lowest BCUT2D eigenvalue weighted by Gasteiger charge is -2.10. The first-order chi connectivity index (χ1) is 12.4. The third kappa shape index (κ3) is 4.18. The zero-order valence-corrected chi connectivity index (χ0v) is 14.2. The first-order valence-electron chi connectivity index (χ1n) is 7.86. The number of carbonyl (C=O) groups excluding carboxylic acids is 1. The molecule has 0 aliphatic carbocycles. The maximum atomic E-state index is 13.8. The Morgan fingerprint density at radius 2 is 1.81 bits per heavy atom. The van der Waals surface area contributed by atoms with Crippen LogP contribution in [0.5, 0.6) is 0 Å². The highest BCUT2D eigenvalue weighted by molar-refractivity contribution is 6.03. The van der Waals surface area contributed by atoms with Crippen LogP contribution in [-0.2, 0) is 0 Å². The van der Waals surface area contributed by atoms with Crippen molar-refractivity contribution in [3.63, 3.8) is 0 Å². The number of rotatable bonds is 4. The van der Waals surface area contributed by atoms with Crippen LogP contribution in [0, 0.1) is 25.5 Å². The van der Waals surface area contributed by atoms with Gasteiger partial charge in [0.2, 0.25) is 5.95 Å². The Bertz CT molecular complexity index is 976. The molecule has 7 heteroatoms. The molecule has 0 unspecified atom stereocenters. The summed E-state index contributed by atoms with van der Waals surface area (Å²) in [5.74, 6) is -1.83. The van der Waals surface area contributed by atoms with Gasteiger partial charge in [0.15, 0.2) is 0 Å². The molecule has 0 aliphatic heterocycles. The van der Waals surface area contributed by atoms with Crippen molar-refractivity contribution >= 4 is 23.2 Å². The second-order valence-corrected chi connectivity index (χ2v) is 5.79. The topological polar surface area (TPSA) is 66.9 Å². The maximum Gasteiger partial charge on any atom is 0.274 e. The van der Waals surface area contributed by atoms with Gasteiger partial charge in [-0.15, -0.1) is 0 Å². The van der Waals surface area contributed by atoms with Crippen LogP contribution in [0.15, 0.2) is 48.5 Å². The van der Waals surface area contributed by atoms with Gasteiger partial charge < -0.3 is 10.6 Å². The minimum absolute atomic E-state index is 0.0158. The van der Waals surface area contributed by atoms with Gasteiger partial charge in [0.1, 0.15) is 17.3 Å². The van der Waals surface area contributed by atoms with E-state index in [2.05, 4.69) is 20.6 Å². The number of anilines is 3. The second kappa shape index (κ2) is 7.26. The van der Waals surface area contributed by atoms with Crippen molar-refractivity contribution in [2.75, 3.05) is 10.6 Å². The molecule has 132 valence electrons. The molecule has 26 heavy (non-hydrogen) atoms. The summed E-state index contributed by atoms with van der Waals surface area (Å²) < 4.78 is 26.8. The zero-order valence-electron chi connectivity index (χ0n) is 14.2. The number of amides is 1. The number of hydrogen-bond donors (Lipinski definition) is 2. The van der Waals surface area contributed by atoms with Crippen molar-refractivity contribution in [3.8, 4) is 0 Å². The molecule has 0 bridgehead atoms. The molecule has 0 spiro atoms. The van der Waals surface area contributed by atoms with Crippen LogP contribution < -0.4 is 10.6 Å². The summed E-state index contributed by atoms with van der Waals surface area (Å²) >= 11 is 0. The fourth-order valence-corrected chi connectivity index (χ4v) is 2.37. The fraction of sp³-hybridized carbons (Fsp3) is 0.105. The average molecular weight is 354 g/mol. The number of carbonyl (C=O) groups is 1. The molecular formula is C19H16F2N4O. The average Bonchev–Trinajstić information content (AvgIpc) is 2.57. The summed E-state index contributed by atoms with van der Waals surface area (Å²) in [4.78, 5) is 20.7. The Labute approximate surface area is 149 Å². The van der Waals surface area contributed by atoms with E-state index in [1.807, 2.05) is 25.1 Å². The quantitative estimate of drug-likeness (QED) is 0.730. The number of halogens is 2. The van der Waals surface area contributed by atoms with Gasteiger partial charge in [-0.3, -0.25) is 4.79 Å². The molecule has 0 aliphatic rings. The van der Waals surface area contributed by atoms with Crippen LogP contribution in [0.2, 0.25) is 0 Å². The molecule has 2 aromatic carbocycles. The Morgan fingerprint density at radius 1 is 1.00 bits per heavy atom. The highest BCUT2D eigenvalue weighted by Crippen LogP contribution is 2.19. The highest BCUT2D eigenvalue weighted by Gasteiger charge is 2.13. The summed E-state index contributed by atoms with van der Waals surface area (Å²) in [5.41, 5.74) is 2.33. The van der Waals surface area contributed by atoms with Crippen molar-refractivity contribution in [1.29, 1.82) is 0 Å². The van der Waals surface area contributed by atoms with E-state index in [9.17, 15) is 13.6 Å². The molecule has 0 saturated carbocycles. The standard InChI is InChI=1S/C19H16F2N4O/c1-11-4-3-5-14(8-11)23-18(26)17-9-12(2)22-19(25-17)24-16-7-6-13(20)10-15(16)21/h3-10H,1-2H3,(H,23,26)(H,22,24,25). The molecule has 0 radical (unpaired) electrons. The minimum Gasteiger partial charge on any atom is -0.322 e. The number of benzene rings is 2. The first kappa shape index (κ1) is 17.5. The molecule has 0 atom stereocenters. The van der Waals surface area contributed by atoms with Gasteiger partial charge in [-0.1, -0.05) is 12.1 Å². The molecule has 3 rings (SSSR count). The van der Waals surface area contributed by atoms with E-state index in [4.69, 9.17) is 0 Å². The van der Waals surface area contributed by atoms with Crippen LogP contribution in [0.3, 0.4) is 0 Å². The van der Waals surface area contributed by atoms with Crippen LogP contribution in [-0.4, -0.2) is 15.9 Å². The highest BCUT2D eigenvalue weighted by atomic mass is 19.1. The smallest absolute Gasteiger partial charge is 0.274 e. The van der Waals surface area contributed by atoms with E-state index in [1.54, 1.807) is 13.0 Å². The molecule has 5 nitrogen and oxygen atoms in total. The summed E-state index contributed by atoms with van der Waals surface area (Å²) in [7, 11) is 0. The normalized spacial score (nSPS) is 10.5. The van der Waals surface area contributed by atoms with E-state index >= 15 is 0 Å². The number of hydrogen-bond acceptors (Lipinski definition) is 4. The summed E-state index contributed by atoms with van der Waals surface area (Å²) in [6.07, 6.45) is 0. The zero-order chi connectivity index (χ0) is 18.7. The van der Waals surface area contributed by atoms with E-state index in [-0.39, 0.29) is 17.3 Å². The molecule has 1 heterocycles. The maximum absolute atomic E-state index is 13.8. The van der Waals surface area contributed by atoms with Crippen molar-refractivity contribution in [1.82, 2.24) is 9.97 Å². The van der Waals surface area contributed by atoms with Gasteiger partial charge in [-0.25, -0.2) is 18.7 Å². The van der Waals surface area contributed by atoms with Gasteiger partial charge in [-0.2, -0.15) is 0 Å². The SMILES string of the molecule is Cc1cccc(NC(=O)c2cc(C)nc(Nc3ccc(F)cc3F)n2)c1. The number of aromatic nitrogens is 2. The van der Waals surface area contributed by atoms with E-state index in [0.29, 0.717) is 11.4 Å². The Kier molecular flexibility index (Phi) is 4.88. The van der Waals surface area contributed by atoms with Crippen LogP contribution in [0.25, 0.3) is 0 Å². The fourth-order valence-electron chi connectivity index (χ4n) is 2.37. The van der Waals surface area contributed by atoms with Gasteiger partial charge in [-0.05, 0) is 49.7 Å². The van der Waals surface area contributed by atoms with Gasteiger partial charge in [0.25, 0.3) is 5.91 Å². The van der Waals surface area contributed by atoms with Crippen molar-refractivity contribution in [3.05, 3.63) is 77.1 Å². The van der Waals surface area contributed by atoms with Crippen molar-refractivity contribution in [2.45, 2.75) is 13.8 Å². The monoisotopic (exact) mass is 354 g/mol. The minimum atomic E-state index is -0.777. The van der Waals surface area contributed by atoms with E-state index < -0.39 is 17.5 Å². The third-order valence-corrected chi connectivity index (χ3v) is 3.54. The largest absolute Gasteiger partial charge is 0.322 e. The number of nitrogens with one attached hydrogen (secondary N) is 2. The first-order valence-corrected chi connectivity index (χ1v) is 7.86. The van der Waals surface area contributed by atoms with Gasteiger partial charge in [0, 0.05) is 17.4 Å². The van der Waals surface area contributed by atoms with Crippen molar-refractivity contribution < 1.29 is 13.6 Å². The Morgan fingerprint density at radius 3 is 2.54 bits per heavy atom. The van der Waals surface area contributed by atoms with E-state index in [0.717, 1.165) is 17.7 Å². The van der Waals surface area contributed by atoms with Crippen LogP contribution >= 0.6 is 0 Å². The van der Waals surface area contributed by atoms with Crippen LogP contribution in [0.4, 0.5) is 26.1 Å². The van der Waals surface area contributed by atoms with Crippen molar-refractivity contribution in [2.24, 2.45) is 0 Å². The lowest BCUT2D eigenvalue weighted by molar-refractivity contribution is 0.102. The molecule has 0 fully saturated rings. The van der Waals surface area contributed by atoms with E-state index in [1.165, 1.54) is 12.1 Å². The van der Waals surface area contributed by atoms with Gasteiger partial charge >= 0.3 is 0 Å². The van der Waals surface area contributed by atoms with Gasteiger partial charge in [0.05, 0.1) is 5.69 Å². The number of nitrogens with zero attached hydrogens (tertiary/aromatic N) is 2. The molecule has 1 aromatic heterocycles. The lowest BCUT2D eigenvalue weighted by atomic mass is 10.2. The molecule has 1 amide bonds. The predicted molar refractivity (Wildman–Crippen MR) is 95.5 cm³/mol. The summed E-state index contributed by atoms with van der Waals surface area (Å²) in [5, 5.41) is 5.42. The molecule has 3 aromatic rings. The third-order valence-electron chi connectivity index (χ3n) is 3.54. The molecule has 2 N–H and O–H groups in total. The molecular weight excluding hydrogens is 338 g/mol. The predicted octanol–water partition coefficient (Wildman–Crippen LogP) is 4.37. The summed E-state index contributed by atoms with van der Waals surface area (Å²) in [6, 6.07) is 12.0. The lowest BCUT2D eigenvalue weighted by Crippen LogP contribution is -2.15. The Balaban J connectivity index is 1.84.